The Hall–Kier alpha value is -2.56. The van der Waals surface area contributed by atoms with Crippen LogP contribution in [0.3, 0.4) is 0 Å². The van der Waals surface area contributed by atoms with Crippen LogP contribution in [0.25, 0.3) is 0 Å². The number of pyridine rings is 1. The molecule has 2 aromatic rings. The van der Waals surface area contributed by atoms with Gasteiger partial charge in [0.25, 0.3) is 5.91 Å². The van der Waals surface area contributed by atoms with Gasteiger partial charge in [0.15, 0.2) is 0 Å². The zero-order valence-electron chi connectivity index (χ0n) is 12.4. The van der Waals surface area contributed by atoms with Gasteiger partial charge in [0, 0.05) is 12.2 Å². The van der Waals surface area contributed by atoms with Gasteiger partial charge in [-0.3, -0.25) is 4.79 Å². The lowest BCUT2D eigenvalue weighted by Crippen LogP contribution is -2.30. The third-order valence-electron chi connectivity index (χ3n) is 2.83. The molecule has 0 radical (unpaired) electrons. The van der Waals surface area contributed by atoms with Crippen molar-refractivity contribution in [3.05, 3.63) is 48.2 Å². The number of nitrogens with one attached hydrogen (secondary N) is 2. The maximum absolute atomic E-state index is 12.2. The molecule has 0 aliphatic carbocycles. The normalized spacial score (nSPS) is 10.3. The molecule has 1 aromatic heterocycles. The van der Waals surface area contributed by atoms with E-state index < -0.39 is 0 Å². The number of nitrogens with zero attached hydrogens (tertiary/aromatic N) is 1. The molecule has 0 aliphatic heterocycles. The maximum Gasteiger partial charge on any atom is 0.255 e. The van der Waals surface area contributed by atoms with E-state index in [1.165, 1.54) is 0 Å². The number of benzene rings is 1. The second kappa shape index (κ2) is 6.74. The monoisotopic (exact) mass is 285 g/mol. The molecule has 1 amide bonds. The minimum Gasteiger partial charge on any atom is -0.495 e. The second-order valence-electron chi connectivity index (χ2n) is 4.85. The number of rotatable bonds is 5. The number of amides is 1. The average Bonchev–Trinajstić information content (AvgIpc) is 2.47. The van der Waals surface area contributed by atoms with Crippen LogP contribution < -0.4 is 15.4 Å². The zero-order chi connectivity index (χ0) is 15.2. The zero-order valence-corrected chi connectivity index (χ0v) is 12.4. The van der Waals surface area contributed by atoms with Gasteiger partial charge in [-0.15, -0.1) is 0 Å². The first-order valence-corrected chi connectivity index (χ1v) is 6.77. The molecule has 110 valence electrons. The summed E-state index contributed by atoms with van der Waals surface area (Å²) in [6.07, 6.45) is 1.64. The van der Waals surface area contributed by atoms with Crippen molar-refractivity contribution in [2.24, 2.45) is 0 Å². The van der Waals surface area contributed by atoms with E-state index >= 15 is 0 Å². The lowest BCUT2D eigenvalue weighted by atomic mass is 10.2. The van der Waals surface area contributed by atoms with Gasteiger partial charge in [-0.25, -0.2) is 4.98 Å². The van der Waals surface area contributed by atoms with Crippen molar-refractivity contribution < 1.29 is 9.53 Å². The van der Waals surface area contributed by atoms with Crippen LogP contribution in [0.1, 0.15) is 24.2 Å². The van der Waals surface area contributed by atoms with Gasteiger partial charge in [-0.05, 0) is 38.1 Å². The summed E-state index contributed by atoms with van der Waals surface area (Å²) in [5.41, 5.74) is 1.26. The highest BCUT2D eigenvalue weighted by atomic mass is 16.5. The number of carbonyl (C=O) groups is 1. The van der Waals surface area contributed by atoms with E-state index in [0.717, 1.165) is 5.69 Å². The van der Waals surface area contributed by atoms with E-state index in [0.29, 0.717) is 17.1 Å². The molecule has 1 aromatic carbocycles. The molecule has 0 saturated carbocycles. The summed E-state index contributed by atoms with van der Waals surface area (Å²) < 4.78 is 5.29. The topological polar surface area (TPSA) is 63.2 Å². The van der Waals surface area contributed by atoms with Crippen LogP contribution in [-0.4, -0.2) is 24.0 Å². The van der Waals surface area contributed by atoms with Crippen LogP contribution in [0.4, 0.5) is 11.5 Å². The molecule has 21 heavy (non-hydrogen) atoms. The number of anilines is 2. The quantitative estimate of drug-likeness (QED) is 0.886. The Morgan fingerprint density at radius 3 is 2.67 bits per heavy atom. The van der Waals surface area contributed by atoms with Gasteiger partial charge in [-0.1, -0.05) is 12.1 Å². The summed E-state index contributed by atoms with van der Waals surface area (Å²) in [6.45, 7) is 3.84. The largest absolute Gasteiger partial charge is 0.495 e. The lowest BCUT2D eigenvalue weighted by Gasteiger charge is -2.14. The van der Waals surface area contributed by atoms with Gasteiger partial charge in [-0.2, -0.15) is 0 Å². The number of aromatic nitrogens is 1. The summed E-state index contributed by atoms with van der Waals surface area (Å²) in [6, 6.07) is 11.0. The van der Waals surface area contributed by atoms with E-state index in [4.69, 9.17) is 4.74 Å². The molecule has 0 aliphatic rings. The van der Waals surface area contributed by atoms with Gasteiger partial charge in [0.05, 0.1) is 18.4 Å². The highest BCUT2D eigenvalue weighted by molar-refractivity contribution is 5.99. The molecule has 5 nitrogen and oxygen atoms in total. The van der Waals surface area contributed by atoms with Crippen molar-refractivity contribution in [3.8, 4) is 5.75 Å². The van der Waals surface area contributed by atoms with E-state index in [-0.39, 0.29) is 11.9 Å². The maximum atomic E-state index is 12.2. The molecular formula is C16H19N3O2. The molecule has 0 spiro atoms. The Labute approximate surface area is 124 Å². The molecular weight excluding hydrogens is 266 g/mol. The molecule has 0 unspecified atom stereocenters. The van der Waals surface area contributed by atoms with Crippen molar-refractivity contribution in [2.75, 3.05) is 12.4 Å². The highest BCUT2D eigenvalue weighted by Gasteiger charge is 2.14. The number of methoxy groups -OCH3 is 1. The minimum absolute atomic E-state index is 0.0665. The van der Waals surface area contributed by atoms with Crippen LogP contribution >= 0.6 is 0 Å². The van der Waals surface area contributed by atoms with Gasteiger partial charge in [0.1, 0.15) is 11.6 Å². The Bertz CT molecular complexity index is 626. The number of hydrogen-bond acceptors (Lipinski definition) is 4. The molecule has 0 saturated heterocycles. The average molecular weight is 285 g/mol. The third-order valence-corrected chi connectivity index (χ3v) is 2.83. The van der Waals surface area contributed by atoms with Crippen LogP contribution in [0.5, 0.6) is 5.75 Å². The predicted octanol–water partition coefficient (Wildman–Crippen LogP) is 2.97. The second-order valence-corrected chi connectivity index (χ2v) is 4.85. The fourth-order valence-electron chi connectivity index (χ4n) is 1.90. The Morgan fingerprint density at radius 2 is 1.95 bits per heavy atom. The minimum atomic E-state index is -0.157. The highest BCUT2D eigenvalue weighted by Crippen LogP contribution is 2.27. The summed E-state index contributed by atoms with van der Waals surface area (Å²) in [4.78, 5) is 16.4. The Kier molecular flexibility index (Phi) is 4.77. The van der Waals surface area contributed by atoms with Crippen LogP contribution in [0, 0.1) is 0 Å². The van der Waals surface area contributed by atoms with Crippen LogP contribution in [0.2, 0.25) is 0 Å². The van der Waals surface area contributed by atoms with Gasteiger partial charge >= 0.3 is 0 Å². The van der Waals surface area contributed by atoms with E-state index in [1.807, 2.05) is 38.1 Å². The smallest absolute Gasteiger partial charge is 0.255 e. The predicted molar refractivity (Wildman–Crippen MR) is 83.1 cm³/mol. The molecule has 2 rings (SSSR count). The molecule has 5 heteroatoms. The summed E-state index contributed by atoms with van der Waals surface area (Å²) in [7, 11) is 1.60. The molecule has 0 fully saturated rings. The summed E-state index contributed by atoms with van der Waals surface area (Å²) in [5.74, 6) is 1.04. The number of hydrogen-bond donors (Lipinski definition) is 2. The van der Waals surface area contributed by atoms with Crippen LogP contribution in [-0.2, 0) is 0 Å². The fourth-order valence-corrected chi connectivity index (χ4v) is 1.90. The summed E-state index contributed by atoms with van der Waals surface area (Å²) in [5, 5.41) is 6.01. The molecule has 2 N–H and O–H groups in total. The Balaban J connectivity index is 2.30. The fraction of sp³-hybridized carbons (Fsp3) is 0.250. The third kappa shape index (κ3) is 3.72. The number of para-hydroxylation sites is 2. The van der Waals surface area contributed by atoms with Gasteiger partial charge < -0.3 is 15.4 Å². The lowest BCUT2D eigenvalue weighted by molar-refractivity contribution is 0.0943. The number of ether oxygens (including phenoxy) is 1. The molecule has 0 bridgehead atoms. The Morgan fingerprint density at radius 1 is 1.19 bits per heavy atom. The van der Waals surface area contributed by atoms with Crippen molar-refractivity contribution in [1.82, 2.24) is 10.3 Å². The van der Waals surface area contributed by atoms with E-state index in [9.17, 15) is 4.79 Å². The van der Waals surface area contributed by atoms with Crippen LogP contribution in [0.15, 0.2) is 42.6 Å². The van der Waals surface area contributed by atoms with Crippen molar-refractivity contribution >= 4 is 17.4 Å². The van der Waals surface area contributed by atoms with Gasteiger partial charge in [0.2, 0.25) is 0 Å². The van der Waals surface area contributed by atoms with Crippen molar-refractivity contribution in [3.63, 3.8) is 0 Å². The van der Waals surface area contributed by atoms with Crippen molar-refractivity contribution in [2.45, 2.75) is 19.9 Å². The number of carbonyl (C=O) groups excluding carboxylic acids is 1. The first-order chi connectivity index (χ1) is 10.1. The molecule has 0 atom stereocenters. The van der Waals surface area contributed by atoms with E-state index in [1.54, 1.807) is 25.4 Å². The first-order valence-electron chi connectivity index (χ1n) is 6.77. The summed E-state index contributed by atoms with van der Waals surface area (Å²) >= 11 is 0. The molecule has 1 heterocycles. The SMILES string of the molecule is COc1ccccc1Nc1ncccc1C(=O)NC(C)C. The standard InChI is InChI=1S/C16H19N3O2/c1-11(2)18-16(20)12-7-6-10-17-15(12)19-13-8-4-5-9-14(13)21-3/h4-11H,1-3H3,(H,17,19)(H,18,20). The van der Waals surface area contributed by atoms with Crippen molar-refractivity contribution in [1.29, 1.82) is 0 Å². The first kappa shape index (κ1) is 14.8. The van der Waals surface area contributed by atoms with E-state index in [2.05, 4.69) is 15.6 Å².